The number of anilines is 1. The summed E-state index contributed by atoms with van der Waals surface area (Å²) in [4.78, 5) is 11.9. The number of hydrogen-bond donors (Lipinski definition) is 1. The van der Waals surface area contributed by atoms with E-state index in [0.29, 0.717) is 5.69 Å². The highest BCUT2D eigenvalue weighted by Crippen LogP contribution is 2.18. The molecule has 0 fully saturated rings. The second-order valence-electron chi connectivity index (χ2n) is 3.86. The number of hydrogen-bond acceptors (Lipinski definition) is 4. The second-order valence-corrected chi connectivity index (χ2v) is 6.25. The zero-order valence-electron chi connectivity index (χ0n) is 9.88. The van der Waals surface area contributed by atoms with Crippen molar-refractivity contribution in [1.82, 2.24) is 0 Å². The van der Waals surface area contributed by atoms with Crippen LogP contribution in [-0.4, -0.2) is 20.6 Å². The summed E-state index contributed by atoms with van der Waals surface area (Å²) in [6, 6.07) is 8.83. The Balaban J connectivity index is 2.22. The number of nitrogens with one attached hydrogen (secondary N) is 1. The first-order valence-electron chi connectivity index (χ1n) is 5.23. The maximum atomic E-state index is 11.8. The van der Waals surface area contributed by atoms with E-state index >= 15 is 0 Å². The Morgan fingerprint density at radius 1 is 1.26 bits per heavy atom. The van der Waals surface area contributed by atoms with Gasteiger partial charge in [0.2, 0.25) is 0 Å². The molecule has 19 heavy (non-hydrogen) atoms. The molecule has 1 amide bonds. The first-order valence-corrected chi connectivity index (χ1v) is 7.50. The fourth-order valence-corrected chi connectivity index (χ4v) is 2.25. The molecule has 1 N–H and O–H groups in total. The molecular formula is C12H10ClNO4S. The van der Waals surface area contributed by atoms with Crippen molar-refractivity contribution >= 4 is 33.0 Å². The Kier molecular flexibility index (Phi) is 3.64. The summed E-state index contributed by atoms with van der Waals surface area (Å²) in [7, 11) is -3.32. The quantitative estimate of drug-likeness (QED) is 0.945. The van der Waals surface area contributed by atoms with Gasteiger partial charge in [0.1, 0.15) is 0 Å². The lowest BCUT2D eigenvalue weighted by molar-refractivity contribution is 0.0996. The molecule has 2 aromatic rings. The Morgan fingerprint density at radius 3 is 2.58 bits per heavy atom. The topological polar surface area (TPSA) is 76.4 Å². The first kappa shape index (κ1) is 13.6. The lowest BCUT2D eigenvalue weighted by Crippen LogP contribution is -2.11. The fourth-order valence-electron chi connectivity index (χ4n) is 1.43. The van der Waals surface area contributed by atoms with Gasteiger partial charge in [0.05, 0.1) is 4.90 Å². The van der Waals surface area contributed by atoms with Crippen LogP contribution in [0.5, 0.6) is 0 Å². The molecule has 0 saturated heterocycles. The lowest BCUT2D eigenvalue weighted by atomic mass is 10.3. The molecule has 0 bridgehead atoms. The average Bonchev–Trinajstić information content (AvgIpc) is 2.75. The zero-order valence-corrected chi connectivity index (χ0v) is 11.5. The van der Waals surface area contributed by atoms with Crippen molar-refractivity contribution < 1.29 is 17.6 Å². The maximum Gasteiger partial charge on any atom is 0.291 e. The Hall–Kier alpha value is -1.79. The normalized spacial score (nSPS) is 11.3. The number of sulfone groups is 1. The minimum atomic E-state index is -3.32. The second kappa shape index (κ2) is 5.07. The average molecular weight is 300 g/mol. The van der Waals surface area contributed by atoms with Gasteiger partial charge in [-0.25, -0.2) is 8.42 Å². The molecule has 0 radical (unpaired) electrons. The van der Waals surface area contributed by atoms with Crippen LogP contribution in [0.2, 0.25) is 5.22 Å². The number of halogens is 1. The standard InChI is InChI=1S/C12H10ClNO4S/c1-19(16,17)9-4-2-3-8(7-9)14-12(15)10-5-6-11(13)18-10/h2-7H,1H3,(H,14,15). The molecule has 7 heteroatoms. The van der Waals surface area contributed by atoms with E-state index in [0.717, 1.165) is 6.26 Å². The van der Waals surface area contributed by atoms with Crippen molar-refractivity contribution in [1.29, 1.82) is 0 Å². The van der Waals surface area contributed by atoms with Gasteiger partial charge in [-0.2, -0.15) is 0 Å². The molecule has 0 aliphatic carbocycles. The van der Waals surface area contributed by atoms with Gasteiger partial charge < -0.3 is 9.73 Å². The third kappa shape index (κ3) is 3.36. The molecule has 0 unspecified atom stereocenters. The molecule has 2 rings (SSSR count). The third-order valence-electron chi connectivity index (χ3n) is 2.32. The smallest absolute Gasteiger partial charge is 0.291 e. The van der Waals surface area contributed by atoms with Gasteiger partial charge in [0, 0.05) is 11.9 Å². The zero-order chi connectivity index (χ0) is 14.0. The molecule has 1 aromatic heterocycles. The molecule has 0 atom stereocenters. The molecule has 1 aromatic carbocycles. The Labute approximate surface area is 115 Å². The van der Waals surface area contributed by atoms with Crippen LogP contribution in [0.15, 0.2) is 45.7 Å². The predicted octanol–water partition coefficient (Wildman–Crippen LogP) is 2.59. The predicted molar refractivity (Wildman–Crippen MR) is 71.2 cm³/mol. The SMILES string of the molecule is CS(=O)(=O)c1cccc(NC(=O)c2ccc(Cl)o2)c1. The summed E-state index contributed by atoms with van der Waals surface area (Å²) in [5.41, 5.74) is 0.362. The van der Waals surface area contributed by atoms with Crippen LogP contribution in [0.3, 0.4) is 0 Å². The molecule has 0 aliphatic heterocycles. The van der Waals surface area contributed by atoms with Gasteiger partial charge in [-0.3, -0.25) is 4.79 Å². The van der Waals surface area contributed by atoms with E-state index < -0.39 is 15.7 Å². The van der Waals surface area contributed by atoms with Crippen LogP contribution in [-0.2, 0) is 9.84 Å². The fraction of sp³-hybridized carbons (Fsp3) is 0.0833. The number of amides is 1. The highest BCUT2D eigenvalue weighted by atomic mass is 35.5. The van der Waals surface area contributed by atoms with E-state index in [1.54, 1.807) is 12.1 Å². The molecule has 0 saturated carbocycles. The number of carbonyl (C=O) groups excluding carboxylic acids is 1. The minimum Gasteiger partial charge on any atom is -0.440 e. The molecule has 100 valence electrons. The van der Waals surface area contributed by atoms with E-state index in [9.17, 15) is 13.2 Å². The van der Waals surface area contributed by atoms with Crippen LogP contribution in [0, 0.1) is 0 Å². The highest BCUT2D eigenvalue weighted by molar-refractivity contribution is 7.90. The van der Waals surface area contributed by atoms with Gasteiger partial charge in [0.15, 0.2) is 20.8 Å². The van der Waals surface area contributed by atoms with Crippen molar-refractivity contribution in [2.75, 3.05) is 11.6 Å². The van der Waals surface area contributed by atoms with Crippen LogP contribution >= 0.6 is 11.6 Å². The van der Waals surface area contributed by atoms with Gasteiger partial charge in [-0.05, 0) is 41.9 Å². The van der Waals surface area contributed by atoms with Crippen LogP contribution in [0.25, 0.3) is 0 Å². The highest BCUT2D eigenvalue weighted by Gasteiger charge is 2.12. The summed E-state index contributed by atoms with van der Waals surface area (Å²) in [6.07, 6.45) is 1.10. The number of carbonyl (C=O) groups is 1. The number of rotatable bonds is 3. The summed E-state index contributed by atoms with van der Waals surface area (Å²) in [6.45, 7) is 0. The van der Waals surface area contributed by atoms with E-state index in [1.165, 1.54) is 24.3 Å². The van der Waals surface area contributed by atoms with Crippen LogP contribution in [0.1, 0.15) is 10.6 Å². The van der Waals surface area contributed by atoms with Crippen molar-refractivity contribution in [3.63, 3.8) is 0 Å². The molecule has 1 heterocycles. The van der Waals surface area contributed by atoms with E-state index in [-0.39, 0.29) is 15.9 Å². The first-order chi connectivity index (χ1) is 8.86. The van der Waals surface area contributed by atoms with Gasteiger partial charge in [-0.1, -0.05) is 6.07 Å². The summed E-state index contributed by atoms with van der Waals surface area (Å²) < 4.78 is 27.7. The van der Waals surface area contributed by atoms with Crippen molar-refractivity contribution in [3.8, 4) is 0 Å². The van der Waals surface area contributed by atoms with Gasteiger partial charge in [-0.15, -0.1) is 0 Å². The number of benzene rings is 1. The lowest BCUT2D eigenvalue weighted by Gasteiger charge is -2.05. The molecule has 5 nitrogen and oxygen atoms in total. The van der Waals surface area contributed by atoms with Crippen LogP contribution < -0.4 is 5.32 Å². The van der Waals surface area contributed by atoms with Crippen molar-refractivity contribution in [3.05, 3.63) is 47.4 Å². The molecule has 0 spiro atoms. The summed E-state index contributed by atoms with van der Waals surface area (Å²) in [5.74, 6) is -0.452. The molecule has 0 aliphatic rings. The van der Waals surface area contributed by atoms with Crippen LogP contribution in [0.4, 0.5) is 5.69 Å². The van der Waals surface area contributed by atoms with E-state index in [2.05, 4.69) is 5.32 Å². The van der Waals surface area contributed by atoms with Crippen molar-refractivity contribution in [2.24, 2.45) is 0 Å². The number of furan rings is 1. The molecular weight excluding hydrogens is 290 g/mol. The third-order valence-corrected chi connectivity index (χ3v) is 3.63. The van der Waals surface area contributed by atoms with Gasteiger partial charge >= 0.3 is 0 Å². The largest absolute Gasteiger partial charge is 0.440 e. The van der Waals surface area contributed by atoms with E-state index in [4.69, 9.17) is 16.0 Å². The van der Waals surface area contributed by atoms with Gasteiger partial charge in [0.25, 0.3) is 5.91 Å². The Bertz CT molecular complexity index is 721. The summed E-state index contributed by atoms with van der Waals surface area (Å²) in [5, 5.41) is 2.63. The minimum absolute atomic E-state index is 0.0507. The monoisotopic (exact) mass is 299 g/mol. The maximum absolute atomic E-state index is 11.8. The van der Waals surface area contributed by atoms with E-state index in [1.807, 2.05) is 0 Å². The summed E-state index contributed by atoms with van der Waals surface area (Å²) >= 11 is 5.57. The Morgan fingerprint density at radius 2 is 2.00 bits per heavy atom. The van der Waals surface area contributed by atoms with Crippen molar-refractivity contribution in [2.45, 2.75) is 4.90 Å².